The van der Waals surface area contributed by atoms with Gasteiger partial charge in [0.2, 0.25) is 5.91 Å². The standard InChI is InChI=1S/C15H19N3O2S/c1-4-10(2)16-13(19)9-21-15-17-12-8-6-5-7-11(12)14(20)18(15)3/h5-8,10H,4,9H2,1-3H3,(H,16,19). The zero-order valence-corrected chi connectivity index (χ0v) is 13.2. The van der Waals surface area contributed by atoms with Gasteiger partial charge in [-0.15, -0.1) is 0 Å². The molecule has 1 amide bonds. The Morgan fingerprint density at radius 1 is 1.43 bits per heavy atom. The number of nitrogens with one attached hydrogen (secondary N) is 1. The number of rotatable bonds is 5. The fourth-order valence-electron chi connectivity index (χ4n) is 1.88. The Kier molecular flexibility index (Phi) is 5.01. The summed E-state index contributed by atoms with van der Waals surface area (Å²) < 4.78 is 1.49. The summed E-state index contributed by atoms with van der Waals surface area (Å²) in [5, 5.41) is 4.04. The molecule has 0 saturated carbocycles. The molecular weight excluding hydrogens is 286 g/mol. The Morgan fingerprint density at radius 3 is 2.86 bits per heavy atom. The number of nitrogens with zero attached hydrogens (tertiary/aromatic N) is 2. The first kappa shape index (κ1) is 15.6. The number of fused-ring (bicyclic) bond motifs is 1. The summed E-state index contributed by atoms with van der Waals surface area (Å²) in [5.41, 5.74) is 0.566. The Bertz CT molecular complexity index is 712. The van der Waals surface area contributed by atoms with Crippen molar-refractivity contribution >= 4 is 28.6 Å². The summed E-state index contributed by atoms with van der Waals surface area (Å²) in [7, 11) is 1.68. The molecule has 1 aromatic heterocycles. The molecule has 0 aliphatic heterocycles. The summed E-state index contributed by atoms with van der Waals surface area (Å²) in [6.07, 6.45) is 0.892. The highest BCUT2D eigenvalue weighted by Crippen LogP contribution is 2.16. The highest BCUT2D eigenvalue weighted by atomic mass is 32.2. The second-order valence-corrected chi connectivity index (χ2v) is 5.88. The highest BCUT2D eigenvalue weighted by molar-refractivity contribution is 7.99. The molecule has 0 saturated heterocycles. The Balaban J connectivity index is 2.18. The summed E-state index contributed by atoms with van der Waals surface area (Å²) in [5.74, 6) is 0.208. The van der Waals surface area contributed by atoms with E-state index in [0.29, 0.717) is 16.1 Å². The Morgan fingerprint density at radius 2 is 2.14 bits per heavy atom. The van der Waals surface area contributed by atoms with E-state index in [4.69, 9.17) is 0 Å². The van der Waals surface area contributed by atoms with Crippen molar-refractivity contribution in [3.05, 3.63) is 34.6 Å². The molecule has 1 atom stereocenters. The number of benzene rings is 1. The third-order valence-electron chi connectivity index (χ3n) is 3.29. The molecule has 2 aromatic rings. The van der Waals surface area contributed by atoms with Gasteiger partial charge < -0.3 is 5.32 Å². The number of carbonyl (C=O) groups is 1. The molecule has 0 fully saturated rings. The van der Waals surface area contributed by atoms with Crippen LogP contribution < -0.4 is 10.9 Å². The van der Waals surface area contributed by atoms with E-state index in [-0.39, 0.29) is 23.3 Å². The number of hydrogen-bond donors (Lipinski definition) is 1. The molecule has 21 heavy (non-hydrogen) atoms. The molecule has 5 nitrogen and oxygen atoms in total. The largest absolute Gasteiger partial charge is 0.353 e. The lowest BCUT2D eigenvalue weighted by Crippen LogP contribution is -2.33. The van der Waals surface area contributed by atoms with Crippen molar-refractivity contribution in [1.82, 2.24) is 14.9 Å². The quantitative estimate of drug-likeness (QED) is 0.677. The van der Waals surface area contributed by atoms with Crippen LogP contribution >= 0.6 is 11.8 Å². The summed E-state index contributed by atoms with van der Waals surface area (Å²) in [6.45, 7) is 3.99. The smallest absolute Gasteiger partial charge is 0.261 e. The van der Waals surface area contributed by atoms with E-state index in [1.807, 2.05) is 26.0 Å². The van der Waals surface area contributed by atoms with Crippen LogP contribution in [-0.4, -0.2) is 27.3 Å². The van der Waals surface area contributed by atoms with Crippen LogP contribution in [0.5, 0.6) is 0 Å². The first-order chi connectivity index (χ1) is 10.0. The third kappa shape index (κ3) is 3.64. The molecule has 0 bridgehead atoms. The van der Waals surface area contributed by atoms with Crippen LogP contribution in [0.3, 0.4) is 0 Å². The third-order valence-corrected chi connectivity index (χ3v) is 4.32. The first-order valence-electron chi connectivity index (χ1n) is 6.90. The number of thioether (sulfide) groups is 1. The van der Waals surface area contributed by atoms with Gasteiger partial charge in [0, 0.05) is 13.1 Å². The molecule has 1 heterocycles. The van der Waals surface area contributed by atoms with Gasteiger partial charge in [-0.3, -0.25) is 14.2 Å². The van der Waals surface area contributed by atoms with Crippen LogP contribution in [0.2, 0.25) is 0 Å². The van der Waals surface area contributed by atoms with Crippen LogP contribution in [0.1, 0.15) is 20.3 Å². The minimum Gasteiger partial charge on any atom is -0.353 e. The predicted molar refractivity (Wildman–Crippen MR) is 85.6 cm³/mol. The van der Waals surface area contributed by atoms with E-state index < -0.39 is 0 Å². The maximum atomic E-state index is 12.2. The SMILES string of the molecule is CCC(C)NC(=O)CSc1nc2ccccc2c(=O)n1C. The minimum atomic E-state index is -0.0922. The maximum Gasteiger partial charge on any atom is 0.261 e. The molecule has 6 heteroatoms. The van der Waals surface area contributed by atoms with Crippen molar-refractivity contribution in [2.24, 2.45) is 7.05 Å². The predicted octanol–water partition coefficient (Wildman–Crippen LogP) is 1.94. The molecule has 0 radical (unpaired) electrons. The average Bonchev–Trinajstić information content (AvgIpc) is 2.49. The summed E-state index contributed by atoms with van der Waals surface area (Å²) in [4.78, 5) is 28.5. The lowest BCUT2D eigenvalue weighted by atomic mass is 10.2. The van der Waals surface area contributed by atoms with Crippen molar-refractivity contribution in [2.45, 2.75) is 31.5 Å². The van der Waals surface area contributed by atoms with Gasteiger partial charge in [0.25, 0.3) is 5.56 Å². The number of amides is 1. The van der Waals surface area contributed by atoms with Crippen LogP contribution in [0.25, 0.3) is 10.9 Å². The van der Waals surface area contributed by atoms with Crippen molar-refractivity contribution < 1.29 is 4.79 Å². The van der Waals surface area contributed by atoms with Gasteiger partial charge in [-0.2, -0.15) is 0 Å². The molecule has 1 unspecified atom stereocenters. The topological polar surface area (TPSA) is 64.0 Å². The van der Waals surface area contributed by atoms with E-state index in [1.54, 1.807) is 19.2 Å². The van der Waals surface area contributed by atoms with Crippen molar-refractivity contribution in [3.8, 4) is 0 Å². The molecule has 1 N–H and O–H groups in total. The molecule has 0 spiro atoms. The first-order valence-corrected chi connectivity index (χ1v) is 7.89. The van der Waals surface area contributed by atoms with Crippen LogP contribution in [0, 0.1) is 0 Å². The summed E-state index contributed by atoms with van der Waals surface area (Å²) >= 11 is 1.28. The van der Waals surface area contributed by atoms with Crippen LogP contribution in [0.4, 0.5) is 0 Å². The average molecular weight is 305 g/mol. The number of carbonyl (C=O) groups excluding carboxylic acids is 1. The minimum absolute atomic E-state index is 0.0447. The molecule has 0 aliphatic carbocycles. The Hall–Kier alpha value is -1.82. The van der Waals surface area contributed by atoms with E-state index in [0.717, 1.165) is 6.42 Å². The normalized spacial score (nSPS) is 12.3. The van der Waals surface area contributed by atoms with Gasteiger partial charge in [0.05, 0.1) is 16.7 Å². The van der Waals surface area contributed by atoms with Gasteiger partial charge in [-0.25, -0.2) is 4.98 Å². The van der Waals surface area contributed by atoms with Crippen molar-refractivity contribution in [1.29, 1.82) is 0 Å². The van der Waals surface area contributed by atoms with Crippen LogP contribution in [-0.2, 0) is 11.8 Å². The zero-order chi connectivity index (χ0) is 15.4. The molecule has 2 rings (SSSR count). The zero-order valence-electron chi connectivity index (χ0n) is 12.4. The number of hydrogen-bond acceptors (Lipinski definition) is 4. The van der Waals surface area contributed by atoms with Crippen molar-refractivity contribution in [3.63, 3.8) is 0 Å². The monoisotopic (exact) mass is 305 g/mol. The van der Waals surface area contributed by atoms with E-state index in [2.05, 4.69) is 10.3 Å². The van der Waals surface area contributed by atoms with Gasteiger partial charge in [0.1, 0.15) is 0 Å². The lowest BCUT2D eigenvalue weighted by Gasteiger charge is -2.12. The molecular formula is C15H19N3O2S. The molecule has 112 valence electrons. The van der Waals surface area contributed by atoms with Crippen LogP contribution in [0.15, 0.2) is 34.2 Å². The van der Waals surface area contributed by atoms with Gasteiger partial charge in [0.15, 0.2) is 5.16 Å². The van der Waals surface area contributed by atoms with Gasteiger partial charge in [-0.1, -0.05) is 30.8 Å². The van der Waals surface area contributed by atoms with E-state index in [1.165, 1.54) is 16.3 Å². The molecule has 1 aromatic carbocycles. The maximum absolute atomic E-state index is 12.2. The second-order valence-electron chi connectivity index (χ2n) is 4.94. The number of aromatic nitrogens is 2. The number of para-hydroxylation sites is 1. The Labute approximate surface area is 127 Å². The van der Waals surface area contributed by atoms with Gasteiger partial charge in [-0.05, 0) is 25.5 Å². The fraction of sp³-hybridized carbons (Fsp3) is 0.400. The van der Waals surface area contributed by atoms with Gasteiger partial charge >= 0.3 is 0 Å². The summed E-state index contributed by atoms with van der Waals surface area (Å²) in [6, 6.07) is 7.39. The van der Waals surface area contributed by atoms with E-state index in [9.17, 15) is 9.59 Å². The lowest BCUT2D eigenvalue weighted by molar-refractivity contribution is -0.119. The van der Waals surface area contributed by atoms with Crippen molar-refractivity contribution in [2.75, 3.05) is 5.75 Å². The molecule has 0 aliphatic rings. The highest BCUT2D eigenvalue weighted by Gasteiger charge is 2.11. The second kappa shape index (κ2) is 6.76. The fourth-order valence-corrected chi connectivity index (χ4v) is 2.66. The van der Waals surface area contributed by atoms with E-state index >= 15 is 0 Å².